The molecule has 5 atom stereocenters. The third-order valence-electron chi connectivity index (χ3n) is 6.75. The molecule has 1 N–H and O–H groups in total. The fourth-order valence-corrected chi connectivity index (χ4v) is 4.98. The van der Waals surface area contributed by atoms with E-state index >= 15 is 0 Å². The molecule has 4 rings (SSSR count). The van der Waals surface area contributed by atoms with E-state index in [0.29, 0.717) is 19.1 Å². The number of hydrogen-bond acceptors (Lipinski definition) is 4. The smallest absolute Gasteiger partial charge is 0.411 e. The number of benzene rings is 1. The molecule has 152 valence electrons. The lowest BCUT2D eigenvalue weighted by Gasteiger charge is -2.55. The van der Waals surface area contributed by atoms with E-state index in [2.05, 4.69) is 43.2 Å². The number of nitrogens with one attached hydrogen (secondary N) is 1. The minimum atomic E-state index is -0.429. The van der Waals surface area contributed by atoms with Crippen molar-refractivity contribution in [2.75, 3.05) is 18.5 Å². The Labute approximate surface area is 172 Å². The Morgan fingerprint density at radius 2 is 2.03 bits per heavy atom. The van der Waals surface area contributed by atoms with Gasteiger partial charge in [-0.1, -0.05) is 49.8 Å². The van der Waals surface area contributed by atoms with E-state index in [0.717, 1.165) is 11.3 Å². The van der Waals surface area contributed by atoms with Crippen LogP contribution in [0.1, 0.15) is 32.4 Å². The number of pyridine rings is 1. The maximum atomic E-state index is 12.4. The number of rotatable bonds is 4. The van der Waals surface area contributed by atoms with Gasteiger partial charge in [0, 0.05) is 29.4 Å². The first-order chi connectivity index (χ1) is 14.0. The third kappa shape index (κ3) is 3.67. The average Bonchev–Trinajstić information content (AvgIpc) is 2.73. The van der Waals surface area contributed by atoms with Crippen LogP contribution < -0.4 is 5.32 Å². The highest BCUT2D eigenvalue weighted by Gasteiger charge is 2.54. The van der Waals surface area contributed by atoms with E-state index in [-0.39, 0.29) is 23.4 Å². The van der Waals surface area contributed by atoms with Gasteiger partial charge in [-0.2, -0.15) is 0 Å². The lowest BCUT2D eigenvalue weighted by Crippen LogP contribution is -2.54. The number of hydrogen-bond donors (Lipinski definition) is 1. The number of para-hydroxylation sites is 1. The SMILES string of the molecule is CC1=C[C@H](C)[C@@]2(COC(=O)Nc3ccccc3)CO[C@H](c3cccnc3)[C@H]1[C@@H]2C. The molecule has 5 nitrogen and oxygen atoms in total. The molecule has 0 radical (unpaired) electrons. The van der Waals surface area contributed by atoms with Crippen molar-refractivity contribution in [1.82, 2.24) is 4.98 Å². The summed E-state index contributed by atoms with van der Waals surface area (Å²) in [6.07, 6.45) is 5.55. The minimum absolute atomic E-state index is 0.0197. The van der Waals surface area contributed by atoms with Crippen LogP contribution in [0.3, 0.4) is 0 Å². The number of carbonyl (C=O) groups excluding carboxylic acids is 1. The summed E-state index contributed by atoms with van der Waals surface area (Å²) in [5.41, 5.74) is 2.92. The predicted octanol–water partition coefficient (Wildman–Crippen LogP) is 5.24. The summed E-state index contributed by atoms with van der Waals surface area (Å²) in [6.45, 7) is 7.52. The molecule has 5 heteroatoms. The van der Waals surface area contributed by atoms with Gasteiger partial charge in [0.1, 0.15) is 6.61 Å². The molecule has 1 aromatic carbocycles. The molecule has 1 aromatic heterocycles. The van der Waals surface area contributed by atoms with Gasteiger partial charge in [0.05, 0.1) is 12.7 Å². The number of amides is 1. The zero-order chi connectivity index (χ0) is 20.4. The van der Waals surface area contributed by atoms with Crippen molar-refractivity contribution in [3.05, 3.63) is 72.1 Å². The van der Waals surface area contributed by atoms with Crippen molar-refractivity contribution in [2.45, 2.75) is 26.9 Å². The molecule has 0 saturated carbocycles. The summed E-state index contributed by atoms with van der Waals surface area (Å²) in [5, 5.41) is 2.80. The second kappa shape index (κ2) is 7.99. The van der Waals surface area contributed by atoms with E-state index in [1.807, 2.05) is 42.6 Å². The number of aromatic nitrogens is 1. The van der Waals surface area contributed by atoms with Crippen molar-refractivity contribution in [3.8, 4) is 0 Å². The topological polar surface area (TPSA) is 60.5 Å². The highest BCUT2D eigenvalue weighted by Crippen LogP contribution is 2.56. The number of ether oxygens (including phenoxy) is 2. The first-order valence-corrected chi connectivity index (χ1v) is 10.2. The fraction of sp³-hybridized carbons (Fsp3) is 0.417. The largest absolute Gasteiger partial charge is 0.449 e. The van der Waals surface area contributed by atoms with Gasteiger partial charge in [0.25, 0.3) is 0 Å². The summed E-state index contributed by atoms with van der Waals surface area (Å²) in [4.78, 5) is 16.6. The van der Waals surface area contributed by atoms with Crippen molar-refractivity contribution in [2.24, 2.45) is 23.2 Å². The van der Waals surface area contributed by atoms with Crippen LogP contribution >= 0.6 is 0 Å². The second-order valence-electron chi connectivity index (χ2n) is 8.33. The van der Waals surface area contributed by atoms with Crippen molar-refractivity contribution in [1.29, 1.82) is 0 Å². The summed E-state index contributed by atoms with van der Waals surface area (Å²) >= 11 is 0. The molecule has 1 aliphatic carbocycles. The van der Waals surface area contributed by atoms with Crippen LogP contribution in [0.2, 0.25) is 0 Å². The first-order valence-electron chi connectivity index (χ1n) is 10.2. The summed E-state index contributed by atoms with van der Waals surface area (Å²) in [5.74, 6) is 0.809. The van der Waals surface area contributed by atoms with Crippen LogP contribution in [-0.2, 0) is 9.47 Å². The van der Waals surface area contributed by atoms with E-state index in [4.69, 9.17) is 9.47 Å². The molecular formula is C24H28N2O3. The van der Waals surface area contributed by atoms with E-state index < -0.39 is 6.09 Å². The van der Waals surface area contributed by atoms with Crippen LogP contribution in [0.25, 0.3) is 0 Å². The Balaban J connectivity index is 1.52. The highest BCUT2D eigenvalue weighted by atomic mass is 16.6. The van der Waals surface area contributed by atoms with E-state index in [1.54, 1.807) is 6.20 Å². The van der Waals surface area contributed by atoms with Gasteiger partial charge >= 0.3 is 6.09 Å². The Morgan fingerprint density at radius 1 is 1.24 bits per heavy atom. The Kier molecular flexibility index (Phi) is 5.41. The van der Waals surface area contributed by atoms with Gasteiger partial charge in [0.15, 0.2) is 0 Å². The van der Waals surface area contributed by atoms with Gasteiger partial charge in [-0.15, -0.1) is 0 Å². The zero-order valence-electron chi connectivity index (χ0n) is 17.2. The van der Waals surface area contributed by atoms with Crippen LogP contribution in [-0.4, -0.2) is 24.3 Å². The summed E-state index contributed by atoms with van der Waals surface area (Å²) in [6, 6.07) is 13.4. The highest BCUT2D eigenvalue weighted by molar-refractivity contribution is 5.84. The first kappa shape index (κ1) is 19.6. The fourth-order valence-electron chi connectivity index (χ4n) is 4.98. The van der Waals surface area contributed by atoms with Crippen molar-refractivity contribution < 1.29 is 14.3 Å². The molecule has 29 heavy (non-hydrogen) atoms. The monoisotopic (exact) mass is 392 g/mol. The van der Waals surface area contributed by atoms with Crippen molar-refractivity contribution in [3.63, 3.8) is 0 Å². The molecule has 0 unspecified atom stereocenters. The molecule has 1 aliphatic heterocycles. The predicted molar refractivity (Wildman–Crippen MR) is 112 cm³/mol. The summed E-state index contributed by atoms with van der Waals surface area (Å²) < 4.78 is 12.1. The molecule has 2 aromatic rings. The molecular weight excluding hydrogens is 364 g/mol. The molecule has 1 amide bonds. The van der Waals surface area contributed by atoms with Gasteiger partial charge in [-0.05, 0) is 42.5 Å². The quantitative estimate of drug-likeness (QED) is 0.723. The van der Waals surface area contributed by atoms with Crippen LogP contribution in [0.15, 0.2) is 66.5 Å². The van der Waals surface area contributed by atoms with Crippen LogP contribution in [0.5, 0.6) is 0 Å². The van der Waals surface area contributed by atoms with Crippen molar-refractivity contribution >= 4 is 11.8 Å². The van der Waals surface area contributed by atoms with Gasteiger partial charge in [-0.3, -0.25) is 10.3 Å². The zero-order valence-corrected chi connectivity index (χ0v) is 17.2. The normalized spacial score (nSPS) is 30.9. The number of fused-ring (bicyclic) bond motifs is 2. The van der Waals surface area contributed by atoms with Crippen LogP contribution in [0, 0.1) is 23.2 Å². The van der Waals surface area contributed by atoms with Crippen LogP contribution in [0.4, 0.5) is 10.5 Å². The van der Waals surface area contributed by atoms with Gasteiger partial charge in [0.2, 0.25) is 0 Å². The molecule has 2 heterocycles. The van der Waals surface area contributed by atoms with E-state index in [1.165, 1.54) is 5.57 Å². The molecule has 1 saturated heterocycles. The standard InChI is InChI=1S/C24H28N2O3/c1-16-12-17(2)24(15-29-23(27)26-20-9-5-4-6-10-20)14-28-22(21(16)18(24)3)19-8-7-11-25-13-19/h4-13,17-18,21-22H,14-15H2,1-3H3,(H,26,27)/t17-,18-,21+,22+,24-/m0/s1. The molecule has 2 bridgehead atoms. The third-order valence-corrected chi connectivity index (χ3v) is 6.75. The molecule has 2 aliphatic rings. The Bertz CT molecular complexity index is 884. The number of anilines is 1. The van der Waals surface area contributed by atoms with E-state index in [9.17, 15) is 4.79 Å². The average molecular weight is 392 g/mol. The molecule has 1 fully saturated rings. The Morgan fingerprint density at radius 3 is 2.76 bits per heavy atom. The summed E-state index contributed by atoms with van der Waals surface area (Å²) in [7, 11) is 0. The maximum absolute atomic E-state index is 12.4. The number of carbonyl (C=O) groups is 1. The Hall–Kier alpha value is -2.66. The number of nitrogens with zero attached hydrogens (tertiary/aromatic N) is 1. The lowest BCUT2D eigenvalue weighted by atomic mass is 9.56. The van der Waals surface area contributed by atoms with Gasteiger partial charge in [-0.25, -0.2) is 4.79 Å². The second-order valence-corrected chi connectivity index (χ2v) is 8.33. The molecule has 0 spiro atoms. The number of allylic oxidation sites excluding steroid dienone is 1. The lowest BCUT2D eigenvalue weighted by molar-refractivity contribution is -0.165. The maximum Gasteiger partial charge on any atom is 0.411 e. The van der Waals surface area contributed by atoms with Gasteiger partial charge < -0.3 is 9.47 Å². The minimum Gasteiger partial charge on any atom is -0.449 e.